The number of rotatable bonds is 3. The summed E-state index contributed by atoms with van der Waals surface area (Å²) in [4.78, 5) is 22.5. The average Bonchev–Trinajstić information content (AvgIpc) is 2.18. The molecule has 0 fully saturated rings. The van der Waals surface area contributed by atoms with Crippen LogP contribution in [0.5, 0.6) is 0 Å². The first-order valence-corrected chi connectivity index (χ1v) is 4.21. The Hall–Kier alpha value is -1.84. The summed E-state index contributed by atoms with van der Waals surface area (Å²) in [7, 11) is 1.63. The number of pyridine rings is 1. The number of hydrogen-bond acceptors (Lipinski definition) is 2. The Morgan fingerprint density at radius 1 is 1.71 bits per heavy atom. The molecule has 4 heteroatoms. The molecule has 0 radical (unpaired) electrons. The SMILES string of the molecule is C=CCNC(=O)c1ccn(C)c(=O)c1. The number of hydrogen-bond donors (Lipinski definition) is 1. The van der Waals surface area contributed by atoms with E-state index < -0.39 is 0 Å². The van der Waals surface area contributed by atoms with Crippen molar-refractivity contribution in [3.8, 4) is 0 Å². The van der Waals surface area contributed by atoms with Crippen LogP contribution >= 0.6 is 0 Å². The van der Waals surface area contributed by atoms with Crippen molar-refractivity contribution in [2.45, 2.75) is 0 Å². The summed E-state index contributed by atoms with van der Waals surface area (Å²) in [5, 5.41) is 2.59. The van der Waals surface area contributed by atoms with Crippen molar-refractivity contribution in [1.29, 1.82) is 0 Å². The van der Waals surface area contributed by atoms with Gasteiger partial charge in [-0.15, -0.1) is 6.58 Å². The van der Waals surface area contributed by atoms with Crippen molar-refractivity contribution >= 4 is 5.91 Å². The largest absolute Gasteiger partial charge is 0.349 e. The maximum absolute atomic E-state index is 11.4. The molecular formula is C10H12N2O2. The summed E-state index contributed by atoms with van der Waals surface area (Å²) < 4.78 is 1.41. The quantitative estimate of drug-likeness (QED) is 0.700. The van der Waals surface area contributed by atoms with Gasteiger partial charge in [0.1, 0.15) is 0 Å². The molecule has 0 aliphatic rings. The zero-order valence-electron chi connectivity index (χ0n) is 7.99. The molecule has 0 saturated heterocycles. The Morgan fingerprint density at radius 2 is 2.43 bits per heavy atom. The molecule has 1 aromatic heterocycles. The van der Waals surface area contributed by atoms with Crippen molar-refractivity contribution in [2.75, 3.05) is 6.54 Å². The lowest BCUT2D eigenvalue weighted by molar-refractivity contribution is 0.0957. The number of amides is 1. The number of nitrogens with one attached hydrogen (secondary N) is 1. The molecule has 0 bridgehead atoms. The smallest absolute Gasteiger partial charge is 0.251 e. The first kappa shape index (κ1) is 10.2. The van der Waals surface area contributed by atoms with Crippen LogP contribution < -0.4 is 10.9 Å². The highest BCUT2D eigenvalue weighted by molar-refractivity contribution is 5.94. The number of carbonyl (C=O) groups excluding carboxylic acids is 1. The van der Waals surface area contributed by atoms with E-state index in [-0.39, 0.29) is 11.5 Å². The zero-order valence-corrected chi connectivity index (χ0v) is 7.99. The Bertz CT molecular complexity index is 407. The molecule has 0 saturated carbocycles. The Balaban J connectivity index is 2.86. The van der Waals surface area contributed by atoms with Crippen LogP contribution in [0.15, 0.2) is 35.8 Å². The highest BCUT2D eigenvalue weighted by atomic mass is 16.2. The monoisotopic (exact) mass is 192 g/mol. The number of carbonyl (C=O) groups is 1. The van der Waals surface area contributed by atoms with Crippen LogP contribution in [0.4, 0.5) is 0 Å². The fourth-order valence-corrected chi connectivity index (χ4v) is 0.957. The summed E-state index contributed by atoms with van der Waals surface area (Å²) in [5.74, 6) is -0.261. The van der Waals surface area contributed by atoms with Gasteiger partial charge in [-0.25, -0.2) is 0 Å². The van der Waals surface area contributed by atoms with Gasteiger partial charge in [-0.2, -0.15) is 0 Å². The fraction of sp³-hybridized carbons (Fsp3) is 0.200. The van der Waals surface area contributed by atoms with Crippen molar-refractivity contribution in [3.05, 3.63) is 46.9 Å². The van der Waals surface area contributed by atoms with E-state index in [1.54, 1.807) is 25.4 Å². The lowest BCUT2D eigenvalue weighted by Crippen LogP contribution is -2.26. The van der Waals surface area contributed by atoms with Crippen molar-refractivity contribution in [3.63, 3.8) is 0 Å². The van der Waals surface area contributed by atoms with Gasteiger partial charge in [-0.1, -0.05) is 6.08 Å². The molecule has 1 heterocycles. The molecule has 1 N–H and O–H groups in total. The minimum absolute atomic E-state index is 0.198. The van der Waals surface area contributed by atoms with Gasteiger partial charge in [0.05, 0.1) is 0 Å². The van der Waals surface area contributed by atoms with Crippen LogP contribution in [0.2, 0.25) is 0 Å². The van der Waals surface area contributed by atoms with Crippen molar-refractivity contribution in [2.24, 2.45) is 7.05 Å². The van der Waals surface area contributed by atoms with Crippen LogP contribution in [-0.2, 0) is 7.05 Å². The lowest BCUT2D eigenvalue weighted by atomic mass is 10.2. The van der Waals surface area contributed by atoms with Crippen LogP contribution in [0.25, 0.3) is 0 Å². The van der Waals surface area contributed by atoms with Crippen LogP contribution in [0, 0.1) is 0 Å². The number of aryl methyl sites for hydroxylation is 1. The van der Waals surface area contributed by atoms with Gasteiger partial charge >= 0.3 is 0 Å². The van der Waals surface area contributed by atoms with Crippen molar-refractivity contribution in [1.82, 2.24) is 9.88 Å². The van der Waals surface area contributed by atoms with E-state index in [9.17, 15) is 9.59 Å². The number of nitrogens with zero attached hydrogens (tertiary/aromatic N) is 1. The maximum atomic E-state index is 11.4. The van der Waals surface area contributed by atoms with Crippen LogP contribution in [0.3, 0.4) is 0 Å². The zero-order chi connectivity index (χ0) is 10.6. The van der Waals surface area contributed by atoms with Gasteiger partial charge in [0.25, 0.3) is 11.5 Å². The molecule has 74 valence electrons. The molecule has 0 aromatic carbocycles. The van der Waals surface area contributed by atoms with E-state index in [1.807, 2.05) is 0 Å². The Labute approximate surface area is 81.9 Å². The highest BCUT2D eigenvalue weighted by Crippen LogP contribution is 1.93. The van der Waals surface area contributed by atoms with E-state index in [4.69, 9.17) is 0 Å². The molecule has 1 rings (SSSR count). The molecule has 1 aromatic rings. The summed E-state index contributed by atoms with van der Waals surface area (Å²) in [6, 6.07) is 2.90. The molecule has 0 unspecified atom stereocenters. The maximum Gasteiger partial charge on any atom is 0.251 e. The second kappa shape index (κ2) is 4.41. The predicted octanol–water partition coefficient (Wildman–Crippen LogP) is 0.301. The lowest BCUT2D eigenvalue weighted by Gasteiger charge is -2.02. The minimum atomic E-state index is -0.261. The molecule has 1 amide bonds. The van der Waals surface area contributed by atoms with Gasteiger partial charge < -0.3 is 9.88 Å². The van der Waals surface area contributed by atoms with Gasteiger partial charge in [0, 0.05) is 31.4 Å². The van der Waals surface area contributed by atoms with Gasteiger partial charge in [-0.05, 0) is 6.07 Å². The Morgan fingerprint density at radius 3 is 3.00 bits per heavy atom. The molecule has 0 atom stereocenters. The van der Waals surface area contributed by atoms with E-state index in [2.05, 4.69) is 11.9 Å². The van der Waals surface area contributed by atoms with E-state index in [0.29, 0.717) is 12.1 Å². The Kier molecular flexibility index (Phi) is 3.23. The molecule has 0 aliphatic heterocycles. The summed E-state index contributed by atoms with van der Waals surface area (Å²) in [5.41, 5.74) is 0.172. The third-order valence-electron chi connectivity index (χ3n) is 1.77. The van der Waals surface area contributed by atoms with Crippen LogP contribution in [0.1, 0.15) is 10.4 Å². The first-order valence-electron chi connectivity index (χ1n) is 4.21. The molecule has 14 heavy (non-hydrogen) atoms. The van der Waals surface area contributed by atoms with E-state index in [1.165, 1.54) is 10.6 Å². The van der Waals surface area contributed by atoms with Crippen molar-refractivity contribution < 1.29 is 4.79 Å². The summed E-state index contributed by atoms with van der Waals surface area (Å²) >= 11 is 0. The molecule has 0 aliphatic carbocycles. The average molecular weight is 192 g/mol. The minimum Gasteiger partial charge on any atom is -0.349 e. The van der Waals surface area contributed by atoms with Gasteiger partial charge in [0.2, 0.25) is 0 Å². The molecular weight excluding hydrogens is 180 g/mol. The van der Waals surface area contributed by atoms with E-state index >= 15 is 0 Å². The second-order valence-corrected chi connectivity index (χ2v) is 2.86. The number of aromatic nitrogens is 1. The first-order chi connectivity index (χ1) is 6.65. The summed E-state index contributed by atoms with van der Waals surface area (Å²) in [6.45, 7) is 3.87. The third kappa shape index (κ3) is 2.32. The second-order valence-electron chi connectivity index (χ2n) is 2.86. The highest BCUT2D eigenvalue weighted by Gasteiger charge is 2.04. The van der Waals surface area contributed by atoms with Gasteiger partial charge in [-0.3, -0.25) is 9.59 Å². The predicted molar refractivity (Wildman–Crippen MR) is 54.2 cm³/mol. The van der Waals surface area contributed by atoms with E-state index in [0.717, 1.165) is 0 Å². The third-order valence-corrected chi connectivity index (χ3v) is 1.77. The topological polar surface area (TPSA) is 51.1 Å². The fourth-order valence-electron chi connectivity index (χ4n) is 0.957. The standard InChI is InChI=1S/C10H12N2O2/c1-3-5-11-10(14)8-4-6-12(2)9(13)7-8/h3-4,6-7H,1,5H2,2H3,(H,11,14). The normalized spacial score (nSPS) is 9.50. The molecule has 0 spiro atoms. The molecule has 4 nitrogen and oxygen atoms in total. The van der Waals surface area contributed by atoms with Crippen LogP contribution in [-0.4, -0.2) is 17.0 Å². The summed E-state index contributed by atoms with van der Waals surface area (Å²) in [6.07, 6.45) is 3.14. The van der Waals surface area contributed by atoms with Gasteiger partial charge in [0.15, 0.2) is 0 Å².